The number of rotatable bonds is 6. The number of nitrogens with zero attached hydrogens (tertiary/aromatic N) is 1. The lowest BCUT2D eigenvalue weighted by molar-refractivity contribution is -0.128. The van der Waals surface area contributed by atoms with E-state index in [1.807, 2.05) is 6.20 Å². The molecule has 180 valence electrons. The second kappa shape index (κ2) is 9.24. The summed E-state index contributed by atoms with van der Waals surface area (Å²) in [4.78, 5) is 30.7. The van der Waals surface area contributed by atoms with Crippen molar-refractivity contribution in [2.75, 3.05) is 13.1 Å². The van der Waals surface area contributed by atoms with Gasteiger partial charge >= 0.3 is 0 Å². The van der Waals surface area contributed by atoms with Crippen LogP contribution in [-0.4, -0.2) is 36.8 Å². The summed E-state index contributed by atoms with van der Waals surface area (Å²) in [7, 11) is 0. The highest BCUT2D eigenvalue weighted by Crippen LogP contribution is 2.52. The van der Waals surface area contributed by atoms with E-state index in [4.69, 9.17) is 10.7 Å². The van der Waals surface area contributed by atoms with Gasteiger partial charge in [-0.25, -0.2) is 4.99 Å². The Morgan fingerprint density at radius 3 is 2.76 bits per heavy atom. The van der Waals surface area contributed by atoms with Crippen molar-refractivity contribution in [1.29, 1.82) is 0 Å². The first-order valence-electron chi connectivity index (χ1n) is 13.0. The summed E-state index contributed by atoms with van der Waals surface area (Å²) in [6.45, 7) is 5.29. The topological polar surface area (TPSA) is 109 Å². The Balaban J connectivity index is 1.42. The molecule has 0 aromatic heterocycles. The van der Waals surface area contributed by atoms with Crippen LogP contribution in [-0.2, 0) is 9.59 Å². The first kappa shape index (κ1) is 22.6. The van der Waals surface area contributed by atoms with Crippen molar-refractivity contribution < 1.29 is 9.59 Å². The molecule has 2 amide bonds. The summed E-state index contributed by atoms with van der Waals surface area (Å²) in [5, 5.41) is 9.92. The molecule has 6 atom stereocenters. The van der Waals surface area contributed by atoms with Crippen LogP contribution >= 0.6 is 0 Å². The van der Waals surface area contributed by atoms with Crippen molar-refractivity contribution in [3.63, 3.8) is 0 Å². The Labute approximate surface area is 197 Å². The van der Waals surface area contributed by atoms with E-state index in [1.165, 1.54) is 16.8 Å². The van der Waals surface area contributed by atoms with Gasteiger partial charge in [0, 0.05) is 54.7 Å². The molecule has 2 fully saturated rings. The second-order valence-corrected chi connectivity index (χ2v) is 11.0. The number of nitrogens with one attached hydrogen (secondary N) is 3. The van der Waals surface area contributed by atoms with Crippen LogP contribution in [0.1, 0.15) is 65.2 Å². The molecule has 33 heavy (non-hydrogen) atoms. The summed E-state index contributed by atoms with van der Waals surface area (Å²) in [6, 6.07) is 0.410. The van der Waals surface area contributed by atoms with Crippen molar-refractivity contribution in [2.45, 2.75) is 71.3 Å². The molecule has 6 unspecified atom stereocenters. The third-order valence-electron chi connectivity index (χ3n) is 8.55. The van der Waals surface area contributed by atoms with Gasteiger partial charge < -0.3 is 21.7 Å². The van der Waals surface area contributed by atoms with Gasteiger partial charge in [-0.3, -0.25) is 9.59 Å². The minimum absolute atomic E-state index is 0.0803. The van der Waals surface area contributed by atoms with Gasteiger partial charge in [-0.05, 0) is 69.3 Å². The molecular formula is C26H39N5O2. The van der Waals surface area contributed by atoms with Crippen molar-refractivity contribution in [3.8, 4) is 0 Å². The van der Waals surface area contributed by atoms with Crippen LogP contribution in [0.2, 0.25) is 0 Å². The molecule has 0 aromatic rings. The monoisotopic (exact) mass is 453 g/mol. The molecule has 7 heteroatoms. The van der Waals surface area contributed by atoms with Gasteiger partial charge in [-0.15, -0.1) is 0 Å². The van der Waals surface area contributed by atoms with Crippen LogP contribution in [0.5, 0.6) is 0 Å². The van der Waals surface area contributed by atoms with Crippen molar-refractivity contribution >= 4 is 17.6 Å². The lowest BCUT2D eigenvalue weighted by Gasteiger charge is -2.42. The quantitative estimate of drug-likeness (QED) is 0.496. The maximum absolute atomic E-state index is 13.1. The molecule has 2 heterocycles. The number of hydrogen-bond acceptors (Lipinski definition) is 5. The van der Waals surface area contributed by atoms with Gasteiger partial charge in [0.15, 0.2) is 0 Å². The van der Waals surface area contributed by atoms with E-state index in [0.717, 1.165) is 57.2 Å². The van der Waals surface area contributed by atoms with E-state index in [9.17, 15) is 9.59 Å². The van der Waals surface area contributed by atoms with E-state index < -0.39 is 0 Å². The molecule has 5 N–H and O–H groups in total. The smallest absolute Gasteiger partial charge is 0.223 e. The summed E-state index contributed by atoms with van der Waals surface area (Å²) in [5.41, 5.74) is 9.65. The molecule has 0 aromatic carbocycles. The molecule has 2 saturated carbocycles. The molecule has 5 rings (SSSR count). The molecule has 2 aliphatic heterocycles. The van der Waals surface area contributed by atoms with Gasteiger partial charge in [0.2, 0.25) is 11.8 Å². The van der Waals surface area contributed by atoms with Crippen molar-refractivity contribution in [2.24, 2.45) is 46.2 Å². The predicted molar refractivity (Wildman–Crippen MR) is 129 cm³/mol. The predicted octanol–water partition coefficient (Wildman–Crippen LogP) is 2.60. The lowest BCUT2D eigenvalue weighted by Crippen LogP contribution is -2.44. The number of carbonyl (C=O) groups excluding carboxylic acids is 2. The van der Waals surface area contributed by atoms with E-state index >= 15 is 0 Å². The van der Waals surface area contributed by atoms with Crippen LogP contribution in [0.4, 0.5) is 0 Å². The fraction of sp³-hybridized carbons (Fsp3) is 0.731. The van der Waals surface area contributed by atoms with Crippen LogP contribution in [0.25, 0.3) is 0 Å². The largest absolute Gasteiger partial charge is 0.355 e. The maximum atomic E-state index is 13.1. The molecular weight excluding hydrogens is 414 g/mol. The molecule has 7 nitrogen and oxygen atoms in total. The molecule has 0 spiro atoms. The Morgan fingerprint density at radius 2 is 2.00 bits per heavy atom. The first-order chi connectivity index (χ1) is 16.0. The summed E-state index contributed by atoms with van der Waals surface area (Å²) < 4.78 is 0. The van der Waals surface area contributed by atoms with E-state index in [1.54, 1.807) is 0 Å². The van der Waals surface area contributed by atoms with Gasteiger partial charge in [0.1, 0.15) is 5.84 Å². The highest BCUT2D eigenvalue weighted by molar-refractivity contribution is 5.94. The van der Waals surface area contributed by atoms with Crippen LogP contribution in [0.15, 0.2) is 28.0 Å². The zero-order valence-corrected chi connectivity index (χ0v) is 20.0. The standard InChI is InChI=1S/C26H39N5O2/c1-14-10-21-22-20(16-4-3-5-17(11-16)25(32)30-18-6-7-18)12-19(26(33)28-9-8-27)15(2)23(22)31-24(21)29-13-14/h13,15-21H,3-12,27H2,1-2H3,(H,28,33)(H,29,31)(H,30,32). The van der Waals surface area contributed by atoms with E-state index in [0.29, 0.717) is 36.9 Å². The summed E-state index contributed by atoms with van der Waals surface area (Å²) >= 11 is 0. The Morgan fingerprint density at radius 1 is 1.18 bits per heavy atom. The Bertz CT molecular complexity index is 902. The summed E-state index contributed by atoms with van der Waals surface area (Å²) in [5.74, 6) is 2.60. The minimum Gasteiger partial charge on any atom is -0.355 e. The highest BCUT2D eigenvalue weighted by Gasteiger charge is 2.49. The number of nitrogens with two attached hydrogens (primary N) is 1. The van der Waals surface area contributed by atoms with Gasteiger partial charge in [-0.2, -0.15) is 0 Å². The first-order valence-corrected chi connectivity index (χ1v) is 13.0. The Kier molecular flexibility index (Phi) is 6.34. The lowest BCUT2D eigenvalue weighted by atomic mass is 9.62. The molecule has 0 bridgehead atoms. The normalized spacial score (nSPS) is 35.6. The van der Waals surface area contributed by atoms with Crippen LogP contribution in [0, 0.1) is 35.5 Å². The number of hydrogen-bond donors (Lipinski definition) is 4. The average molecular weight is 454 g/mol. The number of carbonyl (C=O) groups is 2. The van der Waals surface area contributed by atoms with Crippen LogP contribution in [0.3, 0.4) is 0 Å². The minimum atomic E-state index is -0.0803. The zero-order chi connectivity index (χ0) is 23.1. The molecule has 0 radical (unpaired) electrons. The number of fused-ring (bicyclic) bond motifs is 2. The number of amides is 2. The molecule has 0 saturated heterocycles. The van der Waals surface area contributed by atoms with Crippen molar-refractivity contribution in [1.82, 2.24) is 16.0 Å². The summed E-state index contributed by atoms with van der Waals surface area (Å²) in [6.07, 6.45) is 10.2. The maximum Gasteiger partial charge on any atom is 0.223 e. The van der Waals surface area contributed by atoms with Gasteiger partial charge in [0.25, 0.3) is 0 Å². The number of amidine groups is 1. The molecule has 3 aliphatic carbocycles. The highest BCUT2D eigenvalue weighted by atomic mass is 16.2. The third kappa shape index (κ3) is 4.48. The number of allylic oxidation sites excluding steroid dienone is 2. The van der Waals surface area contributed by atoms with Gasteiger partial charge in [-0.1, -0.05) is 18.9 Å². The average Bonchev–Trinajstić information content (AvgIpc) is 3.55. The number of aliphatic imine (C=N–C) groups is 1. The van der Waals surface area contributed by atoms with E-state index in [2.05, 4.69) is 29.8 Å². The Hall–Kier alpha value is -2.15. The van der Waals surface area contributed by atoms with Gasteiger partial charge in [0.05, 0.1) is 0 Å². The fourth-order valence-corrected chi connectivity index (χ4v) is 6.64. The van der Waals surface area contributed by atoms with Crippen LogP contribution < -0.4 is 21.7 Å². The van der Waals surface area contributed by atoms with Crippen molar-refractivity contribution in [3.05, 3.63) is 23.0 Å². The molecule has 5 aliphatic rings. The SMILES string of the molecule is CC1=CN=C2NC3=C(C2C1)C(C1CCCC(C(=O)NC2CC2)C1)CC(C(=O)NCCN)C3C. The third-order valence-corrected chi connectivity index (χ3v) is 8.55. The van der Waals surface area contributed by atoms with E-state index in [-0.39, 0.29) is 29.6 Å². The fourth-order valence-electron chi connectivity index (χ4n) is 6.64. The second-order valence-electron chi connectivity index (χ2n) is 11.0. The zero-order valence-electron chi connectivity index (χ0n) is 20.0.